The Morgan fingerprint density at radius 2 is 0.918 bits per heavy atom. The molecule has 0 radical (unpaired) electrons. The number of aromatic nitrogens is 1. The van der Waals surface area contributed by atoms with Gasteiger partial charge in [-0.05, 0) is 132 Å². The minimum atomic E-state index is 0.668. The van der Waals surface area contributed by atoms with Crippen LogP contribution in [0.15, 0.2) is 170 Å². The lowest BCUT2D eigenvalue weighted by atomic mass is 9.89. The zero-order chi connectivity index (χ0) is 32.5. The number of nitrogens with zero attached hydrogens (tertiary/aromatic N) is 2. The van der Waals surface area contributed by atoms with Gasteiger partial charge in [-0.2, -0.15) is 5.26 Å². The molecule has 2 nitrogen and oxygen atoms in total. The molecule has 0 unspecified atom stereocenters. The van der Waals surface area contributed by atoms with Crippen molar-refractivity contribution in [1.29, 1.82) is 5.26 Å². The minimum Gasteiger partial charge on any atom is -0.309 e. The van der Waals surface area contributed by atoms with Crippen molar-refractivity contribution in [2.75, 3.05) is 0 Å². The van der Waals surface area contributed by atoms with Crippen LogP contribution in [0.5, 0.6) is 0 Å². The molecule has 0 fully saturated rings. The third-order valence-corrected chi connectivity index (χ3v) is 10.1. The van der Waals surface area contributed by atoms with Crippen molar-refractivity contribution < 1.29 is 0 Å². The van der Waals surface area contributed by atoms with Crippen LogP contribution in [0.25, 0.3) is 93.2 Å². The third-order valence-electron chi connectivity index (χ3n) is 10.1. The zero-order valence-electron chi connectivity index (χ0n) is 26.6. The van der Waals surface area contributed by atoms with Crippen molar-refractivity contribution >= 4 is 54.1 Å². The predicted molar refractivity (Wildman–Crippen MR) is 206 cm³/mol. The third kappa shape index (κ3) is 4.34. The van der Waals surface area contributed by atoms with Crippen LogP contribution in [0, 0.1) is 11.3 Å². The molecule has 10 rings (SSSR count). The summed E-state index contributed by atoms with van der Waals surface area (Å²) < 4.78 is 2.31. The first-order valence-corrected chi connectivity index (χ1v) is 16.6. The maximum absolute atomic E-state index is 9.64. The monoisotopic (exact) mass is 620 g/mol. The first kappa shape index (κ1) is 27.4. The highest BCUT2D eigenvalue weighted by molar-refractivity contribution is 6.24. The van der Waals surface area contributed by atoms with Crippen molar-refractivity contribution in [2.24, 2.45) is 0 Å². The fraction of sp³-hybridized carbons (Fsp3) is 0. The second-order valence-electron chi connectivity index (χ2n) is 12.9. The molecule has 0 spiro atoms. The van der Waals surface area contributed by atoms with Gasteiger partial charge in [0.15, 0.2) is 0 Å². The Labute approximate surface area is 283 Å². The molecule has 0 saturated heterocycles. The molecular formula is C47H28N2. The van der Waals surface area contributed by atoms with E-state index < -0.39 is 0 Å². The molecule has 49 heavy (non-hydrogen) atoms. The van der Waals surface area contributed by atoms with E-state index in [1.807, 2.05) is 18.2 Å². The average molecular weight is 621 g/mol. The van der Waals surface area contributed by atoms with Crippen LogP contribution in [0.1, 0.15) is 5.56 Å². The van der Waals surface area contributed by atoms with Gasteiger partial charge in [-0.25, -0.2) is 0 Å². The van der Waals surface area contributed by atoms with Crippen LogP contribution in [0.2, 0.25) is 0 Å². The number of hydrogen-bond donors (Lipinski definition) is 0. The highest BCUT2D eigenvalue weighted by atomic mass is 15.0. The largest absolute Gasteiger partial charge is 0.309 e. The molecule has 0 N–H and O–H groups in total. The predicted octanol–water partition coefficient (Wildman–Crippen LogP) is 12.6. The molecule has 1 heterocycles. The van der Waals surface area contributed by atoms with Crippen LogP contribution < -0.4 is 0 Å². The Morgan fingerprint density at radius 1 is 0.367 bits per heavy atom. The van der Waals surface area contributed by atoms with Crippen molar-refractivity contribution in [1.82, 2.24) is 4.57 Å². The summed E-state index contributed by atoms with van der Waals surface area (Å²) in [6.07, 6.45) is 0. The van der Waals surface area contributed by atoms with E-state index in [2.05, 4.69) is 162 Å². The average Bonchev–Trinajstić information content (AvgIpc) is 3.50. The molecule has 9 aromatic carbocycles. The van der Waals surface area contributed by atoms with Gasteiger partial charge in [0, 0.05) is 16.5 Å². The number of nitriles is 1. The summed E-state index contributed by atoms with van der Waals surface area (Å²) in [4.78, 5) is 0. The van der Waals surface area contributed by atoms with Gasteiger partial charge in [-0.1, -0.05) is 103 Å². The van der Waals surface area contributed by atoms with E-state index in [1.54, 1.807) is 0 Å². The SMILES string of the molecule is N#Cc1ccc2c(c1)c1ccc(-c3cccc(-c4cc5ccc6cc(-c7ccccc7)cc7ccc(c4)c5c67)c3)cc1n2-c1ccccc1. The molecule has 2 heteroatoms. The van der Waals surface area contributed by atoms with E-state index in [0.29, 0.717) is 5.56 Å². The van der Waals surface area contributed by atoms with Gasteiger partial charge in [0.1, 0.15) is 0 Å². The molecule has 0 bridgehead atoms. The Kier molecular flexibility index (Phi) is 5.97. The molecule has 226 valence electrons. The number of para-hydroxylation sites is 1. The first-order valence-electron chi connectivity index (χ1n) is 16.6. The van der Waals surface area contributed by atoms with E-state index in [9.17, 15) is 5.26 Å². The quantitative estimate of drug-likeness (QED) is 0.180. The lowest BCUT2D eigenvalue weighted by Gasteiger charge is -2.15. The molecule has 10 aromatic rings. The van der Waals surface area contributed by atoms with Gasteiger partial charge in [0.05, 0.1) is 22.7 Å². The highest BCUT2D eigenvalue weighted by Gasteiger charge is 2.16. The molecular weight excluding hydrogens is 593 g/mol. The Bertz CT molecular complexity index is 2860. The maximum atomic E-state index is 9.64. The lowest BCUT2D eigenvalue weighted by molar-refractivity contribution is 1.18. The summed E-state index contributed by atoms with van der Waals surface area (Å²) in [5.41, 5.74) is 11.2. The van der Waals surface area contributed by atoms with E-state index >= 15 is 0 Å². The normalized spacial score (nSPS) is 11.7. The van der Waals surface area contributed by atoms with Gasteiger partial charge in [-0.3, -0.25) is 0 Å². The van der Waals surface area contributed by atoms with Crippen LogP contribution >= 0.6 is 0 Å². The molecule has 0 atom stereocenters. The van der Waals surface area contributed by atoms with Gasteiger partial charge < -0.3 is 4.57 Å². The standard InChI is InChI=1S/C47H28N2/c48-29-30-14-21-44-43(22-30)42-20-19-34(28-45(42)49(44)41-12-5-2-6-13-41)32-10-7-11-33(23-32)40-26-37-17-15-35-24-39(31-8-3-1-4-9-31)25-36-16-18-38(27-40)47(37)46(35)36/h1-28H. The van der Waals surface area contributed by atoms with E-state index in [0.717, 1.165) is 33.1 Å². The topological polar surface area (TPSA) is 28.7 Å². The zero-order valence-corrected chi connectivity index (χ0v) is 26.6. The summed E-state index contributed by atoms with van der Waals surface area (Å²) >= 11 is 0. The van der Waals surface area contributed by atoms with Crippen molar-refractivity contribution in [2.45, 2.75) is 0 Å². The number of hydrogen-bond acceptors (Lipinski definition) is 1. The van der Waals surface area contributed by atoms with Crippen LogP contribution in [-0.4, -0.2) is 4.57 Å². The summed E-state index contributed by atoms with van der Waals surface area (Å²) in [6, 6.07) is 63.4. The number of benzene rings is 9. The molecule has 0 aliphatic rings. The lowest BCUT2D eigenvalue weighted by Crippen LogP contribution is -1.93. The minimum absolute atomic E-state index is 0.668. The summed E-state index contributed by atoms with van der Waals surface area (Å²) in [5.74, 6) is 0. The summed E-state index contributed by atoms with van der Waals surface area (Å²) in [6.45, 7) is 0. The van der Waals surface area contributed by atoms with E-state index in [1.165, 1.54) is 60.1 Å². The second kappa shape index (κ2) is 10.7. The van der Waals surface area contributed by atoms with Crippen LogP contribution in [-0.2, 0) is 0 Å². The smallest absolute Gasteiger partial charge is 0.0991 e. The van der Waals surface area contributed by atoms with Crippen LogP contribution in [0.4, 0.5) is 0 Å². The van der Waals surface area contributed by atoms with Gasteiger partial charge in [0.2, 0.25) is 0 Å². The molecule has 0 aliphatic heterocycles. The Hall–Kier alpha value is -6.69. The Balaban J connectivity index is 1.10. The maximum Gasteiger partial charge on any atom is 0.0991 e. The number of rotatable bonds is 4. The molecule has 0 aliphatic carbocycles. The fourth-order valence-electron chi connectivity index (χ4n) is 7.81. The highest BCUT2D eigenvalue weighted by Crippen LogP contribution is 2.41. The number of fused-ring (bicyclic) bond motifs is 3. The second-order valence-corrected chi connectivity index (χ2v) is 12.9. The first-order chi connectivity index (χ1) is 24.2. The van der Waals surface area contributed by atoms with Crippen LogP contribution in [0.3, 0.4) is 0 Å². The summed E-state index contributed by atoms with van der Waals surface area (Å²) in [7, 11) is 0. The van der Waals surface area contributed by atoms with Gasteiger partial charge >= 0.3 is 0 Å². The summed E-state index contributed by atoms with van der Waals surface area (Å²) in [5, 5.41) is 19.6. The Morgan fingerprint density at radius 3 is 1.55 bits per heavy atom. The van der Waals surface area contributed by atoms with Crippen molar-refractivity contribution in [3.8, 4) is 45.1 Å². The molecule has 0 saturated carbocycles. The fourth-order valence-corrected chi connectivity index (χ4v) is 7.81. The van der Waals surface area contributed by atoms with Gasteiger partial charge in [-0.15, -0.1) is 0 Å². The van der Waals surface area contributed by atoms with E-state index in [-0.39, 0.29) is 0 Å². The van der Waals surface area contributed by atoms with Crippen molar-refractivity contribution in [3.05, 3.63) is 175 Å². The molecule has 1 aromatic heterocycles. The molecule has 0 amide bonds. The van der Waals surface area contributed by atoms with Gasteiger partial charge in [0.25, 0.3) is 0 Å². The van der Waals surface area contributed by atoms with E-state index in [4.69, 9.17) is 0 Å². The van der Waals surface area contributed by atoms with Crippen molar-refractivity contribution in [3.63, 3.8) is 0 Å².